The minimum atomic E-state index is -1.60. The quantitative estimate of drug-likeness (QED) is 0.467. The third kappa shape index (κ3) is 4.72. The van der Waals surface area contributed by atoms with E-state index in [0.717, 1.165) is 12.2 Å². The molecule has 0 fully saturated rings. The molecule has 22 heavy (non-hydrogen) atoms. The van der Waals surface area contributed by atoms with Gasteiger partial charge in [0.1, 0.15) is 11.4 Å². The third-order valence-electron chi connectivity index (χ3n) is 4.14. The van der Waals surface area contributed by atoms with Gasteiger partial charge in [-0.3, -0.25) is 0 Å². The molecule has 0 spiro atoms. The molecule has 0 heterocycles. The van der Waals surface area contributed by atoms with E-state index in [4.69, 9.17) is 9.16 Å². The number of rotatable bonds is 6. The maximum absolute atomic E-state index is 6.26. The van der Waals surface area contributed by atoms with Crippen molar-refractivity contribution < 1.29 is 9.16 Å². The van der Waals surface area contributed by atoms with Gasteiger partial charge in [-0.15, -0.1) is 0 Å². The van der Waals surface area contributed by atoms with E-state index in [1.54, 1.807) is 7.11 Å². The summed E-state index contributed by atoms with van der Waals surface area (Å²) in [5.41, 5.74) is 2.21. The van der Waals surface area contributed by atoms with Gasteiger partial charge < -0.3 is 9.16 Å². The van der Waals surface area contributed by atoms with E-state index in [2.05, 4.69) is 65.2 Å². The Morgan fingerprint density at radius 3 is 2.36 bits per heavy atom. The average molecular weight is 321 g/mol. The molecule has 124 valence electrons. The third-order valence-corrected chi connectivity index (χ3v) is 4.97. The SMILES string of the molecule is C=CC(C)(/C=C/C1=C(C)C(O[Si](C)(C)C)=CCC1(C)C)OC. The Morgan fingerprint density at radius 2 is 1.91 bits per heavy atom. The topological polar surface area (TPSA) is 18.5 Å². The Bertz CT molecular complexity index is 518. The van der Waals surface area contributed by atoms with Crippen molar-refractivity contribution >= 4 is 8.32 Å². The maximum Gasteiger partial charge on any atom is 0.242 e. The second kappa shape index (κ2) is 6.59. The van der Waals surface area contributed by atoms with Crippen LogP contribution in [0.1, 0.15) is 34.1 Å². The molecule has 1 unspecified atom stereocenters. The summed E-state index contributed by atoms with van der Waals surface area (Å²) in [5, 5.41) is 0. The van der Waals surface area contributed by atoms with Crippen LogP contribution < -0.4 is 0 Å². The van der Waals surface area contributed by atoms with E-state index in [9.17, 15) is 0 Å². The Morgan fingerprint density at radius 1 is 1.32 bits per heavy atom. The summed E-state index contributed by atoms with van der Waals surface area (Å²) in [6.45, 7) is 19.2. The first-order chi connectivity index (χ1) is 9.94. The van der Waals surface area contributed by atoms with Gasteiger partial charge in [0.25, 0.3) is 0 Å². The normalized spacial score (nSPS) is 21.5. The van der Waals surface area contributed by atoms with Gasteiger partial charge in [-0.05, 0) is 68.6 Å². The van der Waals surface area contributed by atoms with E-state index >= 15 is 0 Å². The molecule has 0 aromatic heterocycles. The van der Waals surface area contributed by atoms with Crippen molar-refractivity contribution in [3.8, 4) is 0 Å². The molecule has 1 aliphatic rings. The van der Waals surface area contributed by atoms with Gasteiger partial charge in [0.05, 0.1) is 0 Å². The van der Waals surface area contributed by atoms with Crippen LogP contribution in [-0.4, -0.2) is 21.0 Å². The highest BCUT2D eigenvalue weighted by Crippen LogP contribution is 2.41. The predicted molar refractivity (Wildman–Crippen MR) is 98.4 cm³/mol. The molecule has 1 rings (SSSR count). The van der Waals surface area contributed by atoms with Crippen LogP contribution in [0.4, 0.5) is 0 Å². The molecule has 0 aliphatic heterocycles. The van der Waals surface area contributed by atoms with Gasteiger partial charge in [-0.1, -0.05) is 32.6 Å². The number of hydrogen-bond acceptors (Lipinski definition) is 2. The van der Waals surface area contributed by atoms with E-state index in [1.165, 1.54) is 11.1 Å². The summed E-state index contributed by atoms with van der Waals surface area (Å²) in [6, 6.07) is 0. The number of hydrogen-bond donors (Lipinski definition) is 0. The molecule has 2 nitrogen and oxygen atoms in total. The summed E-state index contributed by atoms with van der Waals surface area (Å²) in [7, 11) is 0.104. The van der Waals surface area contributed by atoms with Gasteiger partial charge in [-0.25, -0.2) is 0 Å². The Balaban J connectivity index is 3.21. The van der Waals surface area contributed by atoms with Crippen molar-refractivity contribution in [3.05, 3.63) is 47.8 Å². The van der Waals surface area contributed by atoms with E-state index < -0.39 is 13.9 Å². The average Bonchev–Trinajstić information content (AvgIpc) is 2.40. The van der Waals surface area contributed by atoms with Gasteiger partial charge in [-0.2, -0.15) is 0 Å². The minimum absolute atomic E-state index is 0.0999. The number of methoxy groups -OCH3 is 1. The second-order valence-corrected chi connectivity index (χ2v) is 12.3. The Labute approximate surface area is 137 Å². The second-order valence-electron chi connectivity index (χ2n) is 7.83. The van der Waals surface area contributed by atoms with Crippen LogP contribution in [0.5, 0.6) is 0 Å². The molecule has 1 aliphatic carbocycles. The van der Waals surface area contributed by atoms with Gasteiger partial charge in [0.15, 0.2) is 0 Å². The Kier molecular flexibility index (Phi) is 5.69. The fourth-order valence-corrected chi connectivity index (χ4v) is 3.41. The summed E-state index contributed by atoms with van der Waals surface area (Å²) in [4.78, 5) is 0. The molecule has 3 heteroatoms. The molecule has 0 aromatic rings. The first kappa shape index (κ1) is 19.0. The molecule has 0 amide bonds. The van der Waals surface area contributed by atoms with Crippen LogP contribution in [-0.2, 0) is 9.16 Å². The van der Waals surface area contributed by atoms with Crippen molar-refractivity contribution in [3.63, 3.8) is 0 Å². The monoisotopic (exact) mass is 320 g/mol. The van der Waals surface area contributed by atoms with Crippen LogP contribution in [0.2, 0.25) is 19.6 Å². The van der Waals surface area contributed by atoms with Crippen LogP contribution in [0.25, 0.3) is 0 Å². The molecule has 0 bridgehead atoms. The van der Waals surface area contributed by atoms with Crippen LogP contribution in [0.3, 0.4) is 0 Å². The lowest BCUT2D eigenvalue weighted by molar-refractivity contribution is 0.0909. The summed E-state index contributed by atoms with van der Waals surface area (Å²) in [5.74, 6) is 1.05. The molecule has 0 radical (unpaired) electrons. The van der Waals surface area contributed by atoms with Crippen LogP contribution in [0.15, 0.2) is 47.8 Å². The summed E-state index contributed by atoms with van der Waals surface area (Å²) < 4.78 is 11.8. The van der Waals surface area contributed by atoms with E-state index in [1.807, 2.05) is 13.0 Å². The van der Waals surface area contributed by atoms with Crippen LogP contribution >= 0.6 is 0 Å². The molecule has 0 saturated heterocycles. The minimum Gasteiger partial charge on any atom is -0.544 e. The largest absolute Gasteiger partial charge is 0.544 e. The highest BCUT2D eigenvalue weighted by atomic mass is 28.4. The smallest absolute Gasteiger partial charge is 0.242 e. The van der Waals surface area contributed by atoms with Crippen LogP contribution in [0, 0.1) is 5.41 Å². The highest BCUT2D eigenvalue weighted by molar-refractivity contribution is 6.70. The van der Waals surface area contributed by atoms with Gasteiger partial charge in [0.2, 0.25) is 8.32 Å². The van der Waals surface area contributed by atoms with Crippen molar-refractivity contribution in [1.82, 2.24) is 0 Å². The first-order valence-electron chi connectivity index (χ1n) is 7.93. The zero-order chi connectivity index (χ0) is 17.2. The maximum atomic E-state index is 6.26. The standard InChI is InChI=1S/C19H32O2Si/c1-10-19(5,20-6)14-11-16-15(2)17(21-22(7,8)9)12-13-18(16,3)4/h10-12,14H,1,13H2,2-9H3/b14-11+. The lowest BCUT2D eigenvalue weighted by Gasteiger charge is -2.35. The summed E-state index contributed by atoms with van der Waals surface area (Å²) in [6.07, 6.45) is 9.32. The lowest BCUT2D eigenvalue weighted by atomic mass is 9.74. The predicted octanol–water partition coefficient (Wildman–Crippen LogP) is 5.62. The fourth-order valence-electron chi connectivity index (χ4n) is 2.52. The van der Waals surface area contributed by atoms with Gasteiger partial charge >= 0.3 is 0 Å². The Hall–Kier alpha value is -1.06. The first-order valence-corrected chi connectivity index (χ1v) is 11.3. The fraction of sp³-hybridized carbons (Fsp3) is 0.579. The van der Waals surface area contributed by atoms with Crippen molar-refractivity contribution in [1.29, 1.82) is 0 Å². The molecule has 0 aromatic carbocycles. The lowest BCUT2D eigenvalue weighted by Crippen LogP contribution is -2.28. The molecule has 1 atom stereocenters. The van der Waals surface area contributed by atoms with Crippen molar-refractivity contribution in [2.45, 2.75) is 59.4 Å². The zero-order valence-corrected chi connectivity index (χ0v) is 16.5. The van der Waals surface area contributed by atoms with E-state index in [-0.39, 0.29) is 5.41 Å². The van der Waals surface area contributed by atoms with Crippen molar-refractivity contribution in [2.24, 2.45) is 5.41 Å². The van der Waals surface area contributed by atoms with Gasteiger partial charge in [0, 0.05) is 7.11 Å². The summed E-state index contributed by atoms with van der Waals surface area (Å²) >= 11 is 0. The zero-order valence-electron chi connectivity index (χ0n) is 15.5. The van der Waals surface area contributed by atoms with E-state index in [0.29, 0.717) is 0 Å². The molecule has 0 N–H and O–H groups in total. The molecule has 0 saturated carbocycles. The number of allylic oxidation sites excluding steroid dienone is 4. The van der Waals surface area contributed by atoms with Crippen molar-refractivity contribution in [2.75, 3.05) is 7.11 Å². The molecular weight excluding hydrogens is 288 g/mol. The highest BCUT2D eigenvalue weighted by Gasteiger charge is 2.30. The number of ether oxygens (including phenoxy) is 1. The molecular formula is C19H32O2Si.